The quantitative estimate of drug-likeness (QED) is 0.0954. The first-order chi connectivity index (χ1) is 21.7. The molecular weight excluding hydrogens is 703 g/mol. The first-order valence-electron chi connectivity index (χ1n) is 14.0. The number of fused-ring (bicyclic) bond motifs is 1. The van der Waals surface area contributed by atoms with Crippen molar-refractivity contribution in [1.82, 2.24) is 0 Å². The van der Waals surface area contributed by atoms with Crippen molar-refractivity contribution >= 4 is 80.3 Å². The number of amides is 4. The van der Waals surface area contributed by atoms with Gasteiger partial charge in [-0.05, 0) is 100 Å². The molecule has 5 aromatic rings. The lowest BCUT2D eigenvalue weighted by Gasteiger charge is -2.34. The lowest BCUT2D eigenvalue weighted by Crippen LogP contribution is -2.57. The number of benzene rings is 5. The molecule has 0 spiro atoms. The SMILES string of the molecule is COc1cc(/C=C2\C(=O)N(c3cccc(C)c3)C(=O)N(c3cccc4ccccc34)C2=O)cc(I)c1OCc1ccc(Cl)cc1. The molecule has 45 heavy (non-hydrogen) atoms. The van der Waals surface area contributed by atoms with Crippen LogP contribution in [-0.4, -0.2) is 25.0 Å². The number of barbiturate groups is 1. The van der Waals surface area contributed by atoms with Gasteiger partial charge in [-0.3, -0.25) is 9.59 Å². The van der Waals surface area contributed by atoms with Crippen molar-refractivity contribution in [3.63, 3.8) is 0 Å². The smallest absolute Gasteiger partial charge is 0.343 e. The summed E-state index contributed by atoms with van der Waals surface area (Å²) in [4.78, 5) is 44.3. The summed E-state index contributed by atoms with van der Waals surface area (Å²) < 4.78 is 12.5. The van der Waals surface area contributed by atoms with E-state index in [1.54, 1.807) is 54.6 Å². The zero-order chi connectivity index (χ0) is 31.7. The number of rotatable bonds is 7. The molecule has 0 radical (unpaired) electrons. The van der Waals surface area contributed by atoms with Crippen LogP contribution in [0.4, 0.5) is 16.2 Å². The third-order valence-electron chi connectivity index (χ3n) is 7.38. The summed E-state index contributed by atoms with van der Waals surface area (Å²) in [7, 11) is 1.52. The minimum atomic E-state index is -0.748. The molecule has 6 rings (SSSR count). The van der Waals surface area contributed by atoms with Gasteiger partial charge in [0, 0.05) is 10.4 Å². The highest BCUT2D eigenvalue weighted by atomic mass is 127. The van der Waals surface area contributed by atoms with Crippen molar-refractivity contribution < 1.29 is 23.9 Å². The number of urea groups is 1. The van der Waals surface area contributed by atoms with Crippen LogP contribution in [-0.2, 0) is 16.2 Å². The summed E-state index contributed by atoms with van der Waals surface area (Å²) in [6.45, 7) is 2.16. The van der Waals surface area contributed by atoms with Crippen LogP contribution in [0.25, 0.3) is 16.8 Å². The second-order valence-corrected chi connectivity index (χ2v) is 12.0. The molecule has 0 N–H and O–H groups in total. The van der Waals surface area contributed by atoms with Gasteiger partial charge in [0.15, 0.2) is 11.5 Å². The van der Waals surface area contributed by atoms with Crippen molar-refractivity contribution in [2.24, 2.45) is 0 Å². The van der Waals surface area contributed by atoms with Gasteiger partial charge in [0.25, 0.3) is 11.8 Å². The second-order valence-electron chi connectivity index (χ2n) is 10.4. The minimum Gasteiger partial charge on any atom is -0.493 e. The van der Waals surface area contributed by atoms with E-state index in [-0.39, 0.29) is 12.2 Å². The van der Waals surface area contributed by atoms with Crippen molar-refractivity contribution in [3.8, 4) is 11.5 Å². The number of aryl methyl sites for hydroxylation is 1. The number of nitrogens with zero attached hydrogens (tertiary/aromatic N) is 2. The maximum absolute atomic E-state index is 14.2. The van der Waals surface area contributed by atoms with E-state index in [2.05, 4.69) is 22.6 Å². The molecule has 4 amide bonds. The summed E-state index contributed by atoms with van der Waals surface area (Å²) >= 11 is 8.14. The Balaban J connectivity index is 1.44. The Labute approximate surface area is 278 Å². The second kappa shape index (κ2) is 12.7. The Morgan fingerprint density at radius 2 is 1.53 bits per heavy atom. The number of carbonyl (C=O) groups excluding carboxylic acids is 3. The van der Waals surface area contributed by atoms with Gasteiger partial charge in [0.2, 0.25) is 0 Å². The van der Waals surface area contributed by atoms with Gasteiger partial charge in [-0.1, -0.05) is 72.3 Å². The molecule has 7 nitrogen and oxygen atoms in total. The summed E-state index contributed by atoms with van der Waals surface area (Å²) in [6.07, 6.45) is 1.49. The van der Waals surface area contributed by atoms with E-state index < -0.39 is 17.8 Å². The maximum atomic E-state index is 14.2. The maximum Gasteiger partial charge on any atom is 0.343 e. The largest absolute Gasteiger partial charge is 0.493 e. The number of hydrogen-bond donors (Lipinski definition) is 0. The summed E-state index contributed by atoms with van der Waals surface area (Å²) in [5.74, 6) is -0.493. The highest BCUT2D eigenvalue weighted by Gasteiger charge is 2.44. The van der Waals surface area contributed by atoms with Crippen molar-refractivity contribution in [2.75, 3.05) is 16.9 Å². The van der Waals surface area contributed by atoms with Crippen LogP contribution in [0.2, 0.25) is 5.02 Å². The number of halogens is 2. The van der Waals surface area contributed by atoms with E-state index >= 15 is 0 Å². The van der Waals surface area contributed by atoms with E-state index in [9.17, 15) is 14.4 Å². The van der Waals surface area contributed by atoms with Gasteiger partial charge < -0.3 is 9.47 Å². The third kappa shape index (κ3) is 6.03. The van der Waals surface area contributed by atoms with Crippen LogP contribution < -0.4 is 19.3 Å². The Morgan fingerprint density at radius 1 is 0.822 bits per heavy atom. The molecule has 9 heteroatoms. The molecule has 0 atom stereocenters. The summed E-state index contributed by atoms with van der Waals surface area (Å²) in [6, 6.07) is 30.0. The van der Waals surface area contributed by atoms with E-state index in [1.807, 2.05) is 55.5 Å². The van der Waals surface area contributed by atoms with E-state index in [1.165, 1.54) is 13.2 Å². The number of imide groups is 2. The summed E-state index contributed by atoms with van der Waals surface area (Å²) in [5, 5.41) is 2.20. The Morgan fingerprint density at radius 3 is 2.29 bits per heavy atom. The van der Waals surface area contributed by atoms with Gasteiger partial charge >= 0.3 is 6.03 Å². The van der Waals surface area contributed by atoms with E-state index in [0.29, 0.717) is 42.4 Å². The number of ether oxygens (including phenoxy) is 2. The number of anilines is 2. The van der Waals surface area contributed by atoms with Crippen LogP contribution in [0.1, 0.15) is 16.7 Å². The molecule has 0 unspecified atom stereocenters. The molecule has 1 aliphatic heterocycles. The van der Waals surface area contributed by atoms with Gasteiger partial charge in [-0.25, -0.2) is 14.6 Å². The zero-order valence-electron chi connectivity index (χ0n) is 24.3. The van der Waals surface area contributed by atoms with Crippen LogP contribution in [0.3, 0.4) is 0 Å². The summed E-state index contributed by atoms with van der Waals surface area (Å²) in [5.41, 5.74) is 2.90. The normalized spacial score (nSPS) is 14.4. The molecular formula is C36H26ClIN2O5. The Kier molecular flexibility index (Phi) is 8.60. The van der Waals surface area contributed by atoms with Crippen LogP contribution in [0.5, 0.6) is 11.5 Å². The first kappa shape index (κ1) is 30.4. The van der Waals surface area contributed by atoms with Crippen LogP contribution in [0, 0.1) is 10.5 Å². The standard InChI is InChI=1S/C36H26ClIN2O5/c1-22-7-5-10-27(17-22)39-34(41)29(35(42)40(36(39)43)31-12-6-9-25-8-3-4-11-28(25)31)18-24-19-30(38)33(32(20-24)44-2)45-21-23-13-15-26(37)16-14-23/h3-20H,21H2,1-2H3/b29-18+. The number of carbonyl (C=O) groups is 3. The van der Waals surface area contributed by atoms with Crippen molar-refractivity contribution in [1.29, 1.82) is 0 Å². The fraction of sp³-hybridized carbons (Fsp3) is 0.0833. The first-order valence-corrected chi connectivity index (χ1v) is 15.4. The number of hydrogen-bond acceptors (Lipinski definition) is 5. The van der Waals surface area contributed by atoms with E-state index in [0.717, 1.165) is 26.3 Å². The molecule has 5 aromatic carbocycles. The Hall–Kier alpha value is -4.67. The fourth-order valence-electron chi connectivity index (χ4n) is 5.21. The molecule has 0 saturated carbocycles. The monoisotopic (exact) mass is 728 g/mol. The Bertz CT molecular complexity index is 2000. The minimum absolute atomic E-state index is 0.170. The lowest BCUT2D eigenvalue weighted by atomic mass is 10.0. The van der Waals surface area contributed by atoms with Gasteiger partial charge in [-0.2, -0.15) is 0 Å². The number of methoxy groups -OCH3 is 1. The topological polar surface area (TPSA) is 76.2 Å². The van der Waals surface area contributed by atoms with Crippen molar-refractivity contribution in [3.05, 3.63) is 134 Å². The van der Waals surface area contributed by atoms with Crippen LogP contribution >= 0.6 is 34.2 Å². The van der Waals surface area contributed by atoms with Crippen LogP contribution in [0.15, 0.2) is 109 Å². The highest BCUT2D eigenvalue weighted by Crippen LogP contribution is 2.37. The highest BCUT2D eigenvalue weighted by molar-refractivity contribution is 14.1. The predicted molar refractivity (Wildman–Crippen MR) is 185 cm³/mol. The third-order valence-corrected chi connectivity index (χ3v) is 8.43. The zero-order valence-corrected chi connectivity index (χ0v) is 27.2. The molecule has 1 fully saturated rings. The van der Waals surface area contributed by atoms with Gasteiger partial charge in [-0.15, -0.1) is 0 Å². The van der Waals surface area contributed by atoms with Crippen molar-refractivity contribution in [2.45, 2.75) is 13.5 Å². The lowest BCUT2D eigenvalue weighted by molar-refractivity contribution is -0.121. The average Bonchev–Trinajstić information content (AvgIpc) is 3.03. The van der Waals surface area contributed by atoms with Gasteiger partial charge in [0.05, 0.1) is 22.1 Å². The molecule has 224 valence electrons. The fourth-order valence-corrected chi connectivity index (χ4v) is 6.11. The van der Waals surface area contributed by atoms with E-state index in [4.69, 9.17) is 21.1 Å². The average molecular weight is 729 g/mol. The molecule has 0 aliphatic carbocycles. The molecule has 0 aromatic heterocycles. The predicted octanol–water partition coefficient (Wildman–Crippen LogP) is 8.58. The van der Waals surface area contributed by atoms with Gasteiger partial charge in [0.1, 0.15) is 12.2 Å². The molecule has 1 heterocycles. The molecule has 1 aliphatic rings. The molecule has 0 bridgehead atoms. The molecule has 1 saturated heterocycles.